The lowest BCUT2D eigenvalue weighted by Gasteiger charge is -2.05. The predicted octanol–water partition coefficient (Wildman–Crippen LogP) is 2.59. The van der Waals surface area contributed by atoms with Crippen LogP contribution in [0.4, 0.5) is 0 Å². The largest absolute Gasteiger partial charge is 0.497 e. The van der Waals surface area contributed by atoms with Crippen LogP contribution in [0.1, 0.15) is 11.3 Å². The number of ether oxygens (including phenoxy) is 1. The van der Waals surface area contributed by atoms with Gasteiger partial charge in [-0.15, -0.1) is 24.8 Å². The normalized spacial score (nSPS) is 9.32. The number of imidazole rings is 1. The smallest absolute Gasteiger partial charge is 0.118 e. The number of aromatic nitrogens is 2. The summed E-state index contributed by atoms with van der Waals surface area (Å²) in [5.74, 6) is 0.895. The molecule has 0 saturated carbocycles. The first-order valence-corrected chi connectivity index (χ1v) is 5.69. The molecule has 1 aromatic heterocycles. The number of rotatable bonds is 6. The molecule has 1 aromatic carbocycles. The SMILES string of the molecule is COc1ccc(CNCCc2cnc[nH]2)cc1.Cl.Cl. The minimum atomic E-state index is 0. The third kappa shape index (κ3) is 5.96. The monoisotopic (exact) mass is 303 g/mol. The van der Waals surface area contributed by atoms with Crippen LogP contribution in [0.5, 0.6) is 5.75 Å². The van der Waals surface area contributed by atoms with Gasteiger partial charge in [0.1, 0.15) is 5.75 Å². The van der Waals surface area contributed by atoms with Crippen LogP contribution in [-0.4, -0.2) is 23.6 Å². The number of halogens is 2. The Morgan fingerprint density at radius 3 is 2.53 bits per heavy atom. The average Bonchev–Trinajstić information content (AvgIpc) is 2.88. The molecular weight excluding hydrogens is 285 g/mol. The first-order valence-electron chi connectivity index (χ1n) is 5.69. The number of benzene rings is 1. The summed E-state index contributed by atoms with van der Waals surface area (Å²) >= 11 is 0. The van der Waals surface area contributed by atoms with Crippen LogP contribution in [-0.2, 0) is 13.0 Å². The van der Waals surface area contributed by atoms with E-state index in [0.29, 0.717) is 0 Å². The van der Waals surface area contributed by atoms with E-state index >= 15 is 0 Å². The second kappa shape index (κ2) is 9.67. The molecule has 2 N–H and O–H groups in total. The Morgan fingerprint density at radius 1 is 1.21 bits per heavy atom. The second-order valence-electron chi connectivity index (χ2n) is 3.85. The first kappa shape index (κ1) is 17.8. The summed E-state index contributed by atoms with van der Waals surface area (Å²) in [4.78, 5) is 7.06. The van der Waals surface area contributed by atoms with Crippen molar-refractivity contribution in [2.75, 3.05) is 13.7 Å². The molecule has 0 aliphatic carbocycles. The van der Waals surface area contributed by atoms with Crippen LogP contribution in [0.3, 0.4) is 0 Å². The number of nitrogens with one attached hydrogen (secondary N) is 2. The summed E-state index contributed by atoms with van der Waals surface area (Å²) in [6.07, 6.45) is 4.53. The molecule has 0 radical (unpaired) electrons. The molecule has 0 bridgehead atoms. The number of methoxy groups -OCH3 is 1. The van der Waals surface area contributed by atoms with Crippen molar-refractivity contribution in [1.29, 1.82) is 0 Å². The predicted molar refractivity (Wildman–Crippen MR) is 81.5 cm³/mol. The van der Waals surface area contributed by atoms with Crippen LogP contribution in [0, 0.1) is 0 Å². The lowest BCUT2D eigenvalue weighted by atomic mass is 10.2. The molecular formula is C13H19Cl2N3O. The lowest BCUT2D eigenvalue weighted by Crippen LogP contribution is -2.16. The van der Waals surface area contributed by atoms with Crippen LogP contribution >= 0.6 is 24.8 Å². The standard InChI is InChI=1S/C13H17N3O.2ClH/c1-17-13-4-2-11(3-5-13)8-14-7-6-12-9-15-10-16-12;;/h2-5,9-10,14H,6-8H2,1H3,(H,15,16);2*1H. The number of hydrogen-bond acceptors (Lipinski definition) is 3. The van der Waals surface area contributed by atoms with Gasteiger partial charge in [-0.05, 0) is 17.7 Å². The highest BCUT2D eigenvalue weighted by Gasteiger charge is 1.96. The zero-order valence-corrected chi connectivity index (χ0v) is 12.4. The Labute approximate surface area is 125 Å². The topological polar surface area (TPSA) is 49.9 Å². The fraction of sp³-hybridized carbons (Fsp3) is 0.308. The highest BCUT2D eigenvalue weighted by molar-refractivity contribution is 5.85. The van der Waals surface area contributed by atoms with E-state index in [9.17, 15) is 0 Å². The van der Waals surface area contributed by atoms with Crippen molar-refractivity contribution in [3.05, 3.63) is 48.0 Å². The summed E-state index contributed by atoms with van der Waals surface area (Å²) in [6, 6.07) is 8.10. The third-order valence-electron chi connectivity index (χ3n) is 2.61. The Bertz CT molecular complexity index is 432. The summed E-state index contributed by atoms with van der Waals surface area (Å²) in [5.41, 5.74) is 2.42. The highest BCUT2D eigenvalue weighted by Crippen LogP contribution is 2.10. The summed E-state index contributed by atoms with van der Waals surface area (Å²) in [5, 5.41) is 3.39. The first-order chi connectivity index (χ1) is 8.38. The van der Waals surface area contributed by atoms with Crippen molar-refractivity contribution in [3.8, 4) is 5.75 Å². The fourth-order valence-corrected chi connectivity index (χ4v) is 1.62. The van der Waals surface area contributed by atoms with Crippen molar-refractivity contribution in [2.24, 2.45) is 0 Å². The van der Waals surface area contributed by atoms with Gasteiger partial charge >= 0.3 is 0 Å². The summed E-state index contributed by atoms with van der Waals surface area (Å²) < 4.78 is 5.11. The number of nitrogens with zero attached hydrogens (tertiary/aromatic N) is 1. The molecule has 0 aliphatic heterocycles. The van der Waals surface area contributed by atoms with Gasteiger partial charge in [0.25, 0.3) is 0 Å². The van der Waals surface area contributed by atoms with Gasteiger partial charge in [0.2, 0.25) is 0 Å². The molecule has 2 rings (SSSR count). The van der Waals surface area contributed by atoms with Crippen molar-refractivity contribution < 1.29 is 4.74 Å². The molecule has 6 heteroatoms. The molecule has 0 aliphatic rings. The van der Waals surface area contributed by atoms with Crippen LogP contribution < -0.4 is 10.1 Å². The maximum Gasteiger partial charge on any atom is 0.118 e. The zero-order chi connectivity index (χ0) is 11.9. The maximum absolute atomic E-state index is 5.11. The fourth-order valence-electron chi connectivity index (χ4n) is 1.62. The van der Waals surface area contributed by atoms with E-state index in [1.54, 1.807) is 13.4 Å². The van der Waals surface area contributed by atoms with E-state index in [4.69, 9.17) is 4.74 Å². The van der Waals surface area contributed by atoms with E-state index in [-0.39, 0.29) is 24.8 Å². The number of hydrogen-bond donors (Lipinski definition) is 2. The molecule has 0 saturated heterocycles. The molecule has 0 unspecified atom stereocenters. The highest BCUT2D eigenvalue weighted by atomic mass is 35.5. The molecule has 1 heterocycles. The molecule has 0 fully saturated rings. The Hall–Kier alpha value is -1.23. The third-order valence-corrected chi connectivity index (χ3v) is 2.61. The van der Waals surface area contributed by atoms with E-state index in [1.807, 2.05) is 18.3 Å². The van der Waals surface area contributed by atoms with Gasteiger partial charge < -0.3 is 15.0 Å². The van der Waals surface area contributed by atoms with Gasteiger partial charge in [0.05, 0.1) is 13.4 Å². The van der Waals surface area contributed by atoms with E-state index in [2.05, 4.69) is 27.4 Å². The Balaban J connectivity index is 0.00000162. The van der Waals surface area contributed by atoms with Crippen LogP contribution in [0.2, 0.25) is 0 Å². The molecule has 0 atom stereocenters. The van der Waals surface area contributed by atoms with Gasteiger partial charge in [-0.3, -0.25) is 0 Å². The number of H-pyrrole nitrogens is 1. The average molecular weight is 304 g/mol. The van der Waals surface area contributed by atoms with Crippen LogP contribution in [0.25, 0.3) is 0 Å². The van der Waals surface area contributed by atoms with Gasteiger partial charge in [-0.1, -0.05) is 12.1 Å². The minimum Gasteiger partial charge on any atom is -0.497 e. The van der Waals surface area contributed by atoms with Gasteiger partial charge in [-0.25, -0.2) is 4.98 Å². The van der Waals surface area contributed by atoms with Crippen LogP contribution in [0.15, 0.2) is 36.8 Å². The molecule has 2 aromatic rings. The summed E-state index contributed by atoms with van der Waals surface area (Å²) in [6.45, 7) is 1.81. The van der Waals surface area contributed by atoms with Gasteiger partial charge in [0.15, 0.2) is 0 Å². The molecule has 0 amide bonds. The van der Waals surface area contributed by atoms with Gasteiger partial charge in [-0.2, -0.15) is 0 Å². The lowest BCUT2D eigenvalue weighted by molar-refractivity contribution is 0.414. The minimum absolute atomic E-state index is 0. The van der Waals surface area contributed by atoms with Crippen molar-refractivity contribution >= 4 is 24.8 Å². The van der Waals surface area contributed by atoms with Crippen molar-refractivity contribution in [1.82, 2.24) is 15.3 Å². The van der Waals surface area contributed by atoms with Gasteiger partial charge in [0, 0.05) is 31.4 Å². The molecule has 4 nitrogen and oxygen atoms in total. The quantitative estimate of drug-likeness (QED) is 0.807. The molecule has 19 heavy (non-hydrogen) atoms. The van der Waals surface area contributed by atoms with Crippen molar-refractivity contribution in [2.45, 2.75) is 13.0 Å². The van der Waals surface area contributed by atoms with Crippen molar-refractivity contribution in [3.63, 3.8) is 0 Å². The van der Waals surface area contributed by atoms with E-state index in [0.717, 1.165) is 31.0 Å². The maximum atomic E-state index is 5.11. The second-order valence-corrected chi connectivity index (χ2v) is 3.85. The molecule has 0 spiro atoms. The van der Waals surface area contributed by atoms with E-state index in [1.165, 1.54) is 5.56 Å². The summed E-state index contributed by atoms with van der Waals surface area (Å²) in [7, 11) is 1.68. The molecule has 106 valence electrons. The number of aromatic amines is 1. The zero-order valence-electron chi connectivity index (χ0n) is 10.8. The Morgan fingerprint density at radius 2 is 1.95 bits per heavy atom. The van der Waals surface area contributed by atoms with E-state index < -0.39 is 0 Å². The Kier molecular flexibility index (Phi) is 9.04.